The number of pyridine rings is 1. The standard InChI is InChI=1S/C12H2Cl5F4N/c13-6-4(7(14)9(16)10(17)8(6)15)3-1-2-22-11(18)5(3)12(19,20)21/h1-2H. The van der Waals surface area contributed by atoms with Gasteiger partial charge in [0.15, 0.2) is 0 Å². The molecule has 22 heavy (non-hydrogen) atoms. The third kappa shape index (κ3) is 2.97. The Balaban J connectivity index is 2.94. The lowest BCUT2D eigenvalue weighted by molar-refractivity contribution is -0.139. The highest BCUT2D eigenvalue weighted by molar-refractivity contribution is 6.56. The molecule has 2 rings (SSSR count). The van der Waals surface area contributed by atoms with E-state index in [1.807, 2.05) is 0 Å². The van der Waals surface area contributed by atoms with E-state index < -0.39 is 23.3 Å². The maximum absolute atomic E-state index is 13.6. The van der Waals surface area contributed by atoms with Gasteiger partial charge in [0.2, 0.25) is 5.95 Å². The van der Waals surface area contributed by atoms with Gasteiger partial charge in [0.05, 0.1) is 25.1 Å². The smallest absolute Gasteiger partial charge is 0.228 e. The summed E-state index contributed by atoms with van der Waals surface area (Å²) in [5, 5.41) is -1.56. The van der Waals surface area contributed by atoms with Crippen molar-refractivity contribution in [1.82, 2.24) is 4.98 Å². The molecule has 0 aliphatic heterocycles. The van der Waals surface area contributed by atoms with Gasteiger partial charge >= 0.3 is 6.18 Å². The Kier molecular flexibility index (Phi) is 5.05. The van der Waals surface area contributed by atoms with E-state index in [1.54, 1.807) is 0 Å². The molecule has 0 radical (unpaired) electrons. The van der Waals surface area contributed by atoms with Crippen LogP contribution in [0.5, 0.6) is 0 Å². The first-order valence-corrected chi connectivity index (χ1v) is 7.19. The van der Waals surface area contributed by atoms with Gasteiger partial charge in [0, 0.05) is 17.3 Å². The third-order valence-corrected chi connectivity index (χ3v) is 4.94. The summed E-state index contributed by atoms with van der Waals surface area (Å²) in [5.74, 6) is -1.72. The van der Waals surface area contributed by atoms with Gasteiger partial charge in [-0.05, 0) is 6.07 Å². The molecule has 2 aromatic rings. The van der Waals surface area contributed by atoms with Crippen LogP contribution >= 0.6 is 58.0 Å². The normalized spacial score (nSPS) is 11.9. The van der Waals surface area contributed by atoms with Gasteiger partial charge in [-0.1, -0.05) is 58.0 Å². The van der Waals surface area contributed by atoms with Gasteiger partial charge in [-0.15, -0.1) is 0 Å². The summed E-state index contributed by atoms with van der Waals surface area (Å²) >= 11 is 29.2. The van der Waals surface area contributed by atoms with Crippen molar-refractivity contribution in [3.05, 3.63) is 48.9 Å². The van der Waals surface area contributed by atoms with E-state index in [2.05, 4.69) is 4.98 Å². The van der Waals surface area contributed by atoms with E-state index in [1.165, 1.54) is 0 Å². The molecule has 0 fully saturated rings. The zero-order chi connectivity index (χ0) is 16.8. The maximum atomic E-state index is 13.6. The van der Waals surface area contributed by atoms with Crippen LogP contribution < -0.4 is 0 Å². The molecule has 0 saturated heterocycles. The average Bonchev–Trinajstić information content (AvgIpc) is 2.42. The second kappa shape index (κ2) is 6.21. The van der Waals surface area contributed by atoms with E-state index in [-0.39, 0.29) is 30.7 Å². The molecule has 1 heterocycles. The number of alkyl halides is 3. The van der Waals surface area contributed by atoms with Crippen LogP contribution in [0.4, 0.5) is 17.6 Å². The highest BCUT2D eigenvalue weighted by atomic mass is 35.5. The van der Waals surface area contributed by atoms with Crippen LogP contribution in [0, 0.1) is 5.95 Å². The van der Waals surface area contributed by atoms with Crippen LogP contribution in [-0.4, -0.2) is 4.98 Å². The van der Waals surface area contributed by atoms with Crippen molar-refractivity contribution in [2.45, 2.75) is 6.18 Å². The number of aromatic nitrogens is 1. The quantitative estimate of drug-likeness (QED) is 0.209. The lowest BCUT2D eigenvalue weighted by atomic mass is 10.0. The summed E-state index contributed by atoms with van der Waals surface area (Å²) < 4.78 is 52.8. The minimum Gasteiger partial charge on any atom is -0.228 e. The number of halogens is 9. The molecule has 0 spiro atoms. The Morgan fingerprint density at radius 3 is 1.73 bits per heavy atom. The number of nitrogens with zero attached hydrogens (tertiary/aromatic N) is 1. The second-order valence-electron chi connectivity index (χ2n) is 3.97. The van der Waals surface area contributed by atoms with Crippen LogP contribution in [0.3, 0.4) is 0 Å². The summed E-state index contributed by atoms with van der Waals surface area (Å²) in [6, 6.07) is 0.902. The summed E-state index contributed by atoms with van der Waals surface area (Å²) in [4.78, 5) is 2.99. The summed E-state index contributed by atoms with van der Waals surface area (Å²) in [6.07, 6.45) is -4.19. The van der Waals surface area contributed by atoms with Crippen molar-refractivity contribution in [3.8, 4) is 11.1 Å². The van der Waals surface area contributed by atoms with Crippen molar-refractivity contribution in [2.75, 3.05) is 0 Å². The molecule has 0 N–H and O–H groups in total. The van der Waals surface area contributed by atoms with E-state index in [0.717, 1.165) is 12.3 Å². The fraction of sp³-hybridized carbons (Fsp3) is 0.0833. The molecule has 0 aliphatic rings. The maximum Gasteiger partial charge on any atom is 0.421 e. The summed E-state index contributed by atoms with van der Waals surface area (Å²) in [6.45, 7) is 0. The molecule has 0 amide bonds. The van der Waals surface area contributed by atoms with E-state index in [0.29, 0.717) is 0 Å². The molecule has 0 atom stereocenters. The Labute approximate surface area is 146 Å². The van der Waals surface area contributed by atoms with Crippen molar-refractivity contribution >= 4 is 58.0 Å². The number of hydrogen-bond donors (Lipinski definition) is 0. The van der Waals surface area contributed by atoms with Crippen LogP contribution in [0.2, 0.25) is 25.1 Å². The van der Waals surface area contributed by atoms with Crippen molar-refractivity contribution in [1.29, 1.82) is 0 Å². The van der Waals surface area contributed by atoms with E-state index in [9.17, 15) is 17.6 Å². The Morgan fingerprint density at radius 1 is 0.818 bits per heavy atom. The molecule has 118 valence electrons. The van der Waals surface area contributed by atoms with Gasteiger partial charge < -0.3 is 0 Å². The van der Waals surface area contributed by atoms with Gasteiger partial charge in [0.25, 0.3) is 0 Å². The first kappa shape index (κ1) is 17.9. The molecular weight excluding hydrogens is 411 g/mol. The van der Waals surface area contributed by atoms with E-state index in [4.69, 9.17) is 58.0 Å². The Bertz CT molecular complexity index is 731. The van der Waals surface area contributed by atoms with Gasteiger partial charge in [-0.3, -0.25) is 0 Å². The minimum absolute atomic E-state index is 0.217. The molecular formula is C12H2Cl5F4N. The molecule has 0 bridgehead atoms. The number of benzene rings is 1. The average molecular weight is 413 g/mol. The monoisotopic (exact) mass is 411 g/mol. The minimum atomic E-state index is -5.03. The first-order valence-electron chi connectivity index (χ1n) is 5.30. The Morgan fingerprint density at radius 2 is 1.27 bits per heavy atom. The molecule has 1 aromatic carbocycles. The van der Waals surface area contributed by atoms with Crippen molar-refractivity contribution < 1.29 is 17.6 Å². The van der Waals surface area contributed by atoms with Crippen molar-refractivity contribution in [2.24, 2.45) is 0 Å². The number of hydrogen-bond acceptors (Lipinski definition) is 1. The lowest BCUT2D eigenvalue weighted by Gasteiger charge is -2.17. The predicted octanol–water partition coefficient (Wildman–Crippen LogP) is 7.17. The second-order valence-corrected chi connectivity index (χ2v) is 5.86. The van der Waals surface area contributed by atoms with Crippen LogP contribution in [0.15, 0.2) is 12.3 Å². The van der Waals surface area contributed by atoms with E-state index >= 15 is 0 Å². The van der Waals surface area contributed by atoms with Crippen LogP contribution in [0.1, 0.15) is 5.56 Å². The lowest BCUT2D eigenvalue weighted by Crippen LogP contribution is -2.12. The highest BCUT2D eigenvalue weighted by Gasteiger charge is 2.39. The largest absolute Gasteiger partial charge is 0.421 e. The third-order valence-electron chi connectivity index (χ3n) is 2.67. The zero-order valence-electron chi connectivity index (χ0n) is 10.0. The molecule has 1 nitrogen and oxygen atoms in total. The molecule has 1 aromatic heterocycles. The fourth-order valence-corrected chi connectivity index (χ4v) is 3.10. The van der Waals surface area contributed by atoms with Crippen molar-refractivity contribution in [3.63, 3.8) is 0 Å². The summed E-state index contributed by atoms with van der Waals surface area (Å²) in [5.41, 5.74) is -2.65. The zero-order valence-corrected chi connectivity index (χ0v) is 13.8. The fourth-order valence-electron chi connectivity index (χ4n) is 1.76. The first-order chi connectivity index (χ1) is 10.1. The highest BCUT2D eigenvalue weighted by Crippen LogP contribution is 2.50. The topological polar surface area (TPSA) is 12.9 Å². The molecule has 10 heteroatoms. The van der Waals surface area contributed by atoms with Gasteiger partial charge in [-0.2, -0.15) is 17.6 Å². The number of rotatable bonds is 1. The van der Waals surface area contributed by atoms with Crippen LogP contribution in [0.25, 0.3) is 11.1 Å². The SMILES string of the molecule is Fc1nccc(-c2c(Cl)c(Cl)c(Cl)c(Cl)c2Cl)c1C(F)(F)F. The molecule has 0 saturated carbocycles. The summed E-state index contributed by atoms with van der Waals surface area (Å²) in [7, 11) is 0. The van der Waals surface area contributed by atoms with Gasteiger partial charge in [-0.25, -0.2) is 4.98 Å². The molecule has 0 unspecified atom stereocenters. The van der Waals surface area contributed by atoms with Crippen LogP contribution in [-0.2, 0) is 6.18 Å². The predicted molar refractivity (Wildman–Crippen MR) is 79.7 cm³/mol. The molecule has 0 aliphatic carbocycles. The Hall–Kier alpha value is -0.460. The van der Waals surface area contributed by atoms with Gasteiger partial charge in [0.1, 0.15) is 5.56 Å².